The van der Waals surface area contributed by atoms with Crippen LogP contribution in [-0.4, -0.2) is 27.7 Å². The van der Waals surface area contributed by atoms with Crippen LogP contribution < -0.4 is 0 Å². The van der Waals surface area contributed by atoms with Gasteiger partial charge in [0.15, 0.2) is 0 Å². The van der Waals surface area contributed by atoms with Gasteiger partial charge in [0.2, 0.25) is 0 Å². The average Bonchev–Trinajstić information content (AvgIpc) is 2.41. The van der Waals surface area contributed by atoms with Crippen LogP contribution in [0.15, 0.2) is 42.5 Å². The number of fused-ring (bicyclic) bond motifs is 1. The molecule has 1 aliphatic rings. The first-order valence-electron chi connectivity index (χ1n) is 6.55. The summed E-state index contributed by atoms with van der Waals surface area (Å²) in [6.45, 7) is 1.02. The zero-order chi connectivity index (χ0) is 12.8. The molecule has 1 atom stereocenters. The van der Waals surface area contributed by atoms with Gasteiger partial charge in [0.1, 0.15) is 5.75 Å². The van der Waals surface area contributed by atoms with Crippen LogP contribution in [0.2, 0.25) is 0 Å². The summed E-state index contributed by atoms with van der Waals surface area (Å²) >= 11 is 0. The van der Waals surface area contributed by atoms with Crippen LogP contribution in [0.5, 0.6) is 5.75 Å². The molecule has 3 heteroatoms. The van der Waals surface area contributed by atoms with Crippen molar-refractivity contribution in [2.75, 3.05) is 6.61 Å². The van der Waals surface area contributed by atoms with Gasteiger partial charge in [-0.2, -0.15) is 0 Å². The first-order valence-corrected chi connectivity index (χ1v) is 7.71. The predicted molar refractivity (Wildman–Crippen MR) is 79.1 cm³/mol. The SMILES string of the molecule is Oc1cccc2ccccc12.[SiH3]C1CCCCO1. The third kappa shape index (κ3) is 3.58. The minimum absolute atomic E-state index is 0.350. The van der Waals surface area contributed by atoms with Crippen molar-refractivity contribution < 1.29 is 9.84 Å². The van der Waals surface area contributed by atoms with Crippen molar-refractivity contribution in [3.8, 4) is 5.75 Å². The summed E-state index contributed by atoms with van der Waals surface area (Å²) in [6, 6.07) is 13.3. The van der Waals surface area contributed by atoms with Crippen molar-refractivity contribution in [1.82, 2.24) is 0 Å². The standard InChI is InChI=1S/C10H8O.C5H12OSi/c11-10-7-3-5-8-4-1-2-6-9(8)10;7-5-3-1-2-4-6-5/h1-7,11H;5H,1-4H2,7H3. The largest absolute Gasteiger partial charge is 0.507 e. The first kappa shape index (κ1) is 13.1. The molecule has 0 radical (unpaired) electrons. The van der Waals surface area contributed by atoms with Crippen molar-refractivity contribution in [2.45, 2.75) is 25.0 Å². The molecule has 1 N–H and O–H groups in total. The van der Waals surface area contributed by atoms with E-state index in [1.54, 1.807) is 6.07 Å². The van der Waals surface area contributed by atoms with Gasteiger partial charge in [0.25, 0.3) is 0 Å². The Morgan fingerprint density at radius 2 is 1.83 bits per heavy atom. The van der Waals surface area contributed by atoms with Crippen LogP contribution in [0, 0.1) is 0 Å². The van der Waals surface area contributed by atoms with Gasteiger partial charge in [-0.3, -0.25) is 0 Å². The molecule has 2 aromatic carbocycles. The van der Waals surface area contributed by atoms with Crippen molar-refractivity contribution in [1.29, 1.82) is 0 Å². The predicted octanol–water partition coefficient (Wildman–Crippen LogP) is 2.42. The lowest BCUT2D eigenvalue weighted by Gasteiger charge is -2.17. The number of rotatable bonds is 0. The average molecular weight is 260 g/mol. The fraction of sp³-hybridized carbons (Fsp3) is 0.333. The van der Waals surface area contributed by atoms with E-state index >= 15 is 0 Å². The summed E-state index contributed by atoms with van der Waals surface area (Å²) in [6.07, 6.45) is 4.01. The lowest BCUT2D eigenvalue weighted by atomic mass is 10.1. The Balaban J connectivity index is 0.000000149. The van der Waals surface area contributed by atoms with Gasteiger partial charge in [-0.25, -0.2) is 0 Å². The zero-order valence-corrected chi connectivity index (χ0v) is 12.8. The van der Waals surface area contributed by atoms with Crippen LogP contribution in [-0.2, 0) is 4.74 Å². The van der Waals surface area contributed by atoms with E-state index in [-0.39, 0.29) is 0 Å². The van der Waals surface area contributed by atoms with E-state index in [0.29, 0.717) is 11.5 Å². The number of ether oxygens (including phenoxy) is 1. The van der Waals surface area contributed by atoms with E-state index in [1.807, 2.05) is 36.4 Å². The fourth-order valence-corrected chi connectivity index (χ4v) is 2.75. The van der Waals surface area contributed by atoms with Gasteiger partial charge >= 0.3 is 0 Å². The number of hydrogen-bond acceptors (Lipinski definition) is 2. The van der Waals surface area contributed by atoms with Crippen molar-refractivity contribution in [3.63, 3.8) is 0 Å². The lowest BCUT2D eigenvalue weighted by Crippen LogP contribution is -2.18. The first-order chi connectivity index (χ1) is 8.77. The van der Waals surface area contributed by atoms with Gasteiger partial charge in [-0.15, -0.1) is 0 Å². The summed E-state index contributed by atoms with van der Waals surface area (Å²) in [7, 11) is 1.23. The third-order valence-electron chi connectivity index (χ3n) is 3.17. The highest BCUT2D eigenvalue weighted by atomic mass is 28.1. The number of aromatic hydroxyl groups is 1. The number of benzene rings is 2. The smallest absolute Gasteiger partial charge is 0.123 e. The summed E-state index contributed by atoms with van der Waals surface area (Å²) in [5, 5.41) is 11.4. The Hall–Kier alpha value is -1.32. The van der Waals surface area contributed by atoms with Crippen LogP contribution in [0.1, 0.15) is 19.3 Å². The minimum atomic E-state index is 0.350. The summed E-state index contributed by atoms with van der Waals surface area (Å²) < 4.78 is 5.34. The van der Waals surface area contributed by atoms with Crippen molar-refractivity contribution >= 4 is 21.0 Å². The van der Waals surface area contributed by atoms with Crippen LogP contribution in [0.25, 0.3) is 10.8 Å². The molecule has 0 amide bonds. The van der Waals surface area contributed by atoms with E-state index in [4.69, 9.17) is 4.74 Å². The normalized spacial score (nSPS) is 19.2. The van der Waals surface area contributed by atoms with E-state index in [0.717, 1.165) is 17.4 Å². The molecule has 3 rings (SSSR count). The molecule has 0 aromatic heterocycles. The van der Waals surface area contributed by atoms with E-state index < -0.39 is 0 Å². The summed E-state index contributed by atoms with van der Waals surface area (Å²) in [5.74, 6) is 0.350. The highest BCUT2D eigenvalue weighted by Crippen LogP contribution is 2.22. The molecule has 0 bridgehead atoms. The maximum atomic E-state index is 9.37. The third-order valence-corrected chi connectivity index (χ3v) is 4.08. The van der Waals surface area contributed by atoms with Crippen LogP contribution in [0.3, 0.4) is 0 Å². The topological polar surface area (TPSA) is 29.5 Å². The molecule has 0 spiro atoms. The van der Waals surface area contributed by atoms with Crippen molar-refractivity contribution in [3.05, 3.63) is 42.5 Å². The molecule has 1 fully saturated rings. The highest BCUT2D eigenvalue weighted by molar-refractivity contribution is 6.11. The van der Waals surface area contributed by atoms with Gasteiger partial charge in [-0.1, -0.05) is 36.4 Å². The maximum Gasteiger partial charge on any atom is 0.123 e. The second-order valence-corrected chi connectivity index (χ2v) is 5.96. The van der Waals surface area contributed by atoms with Gasteiger partial charge in [0, 0.05) is 28.0 Å². The van der Waals surface area contributed by atoms with Crippen molar-refractivity contribution in [2.24, 2.45) is 0 Å². The van der Waals surface area contributed by atoms with E-state index in [1.165, 1.54) is 29.5 Å². The highest BCUT2D eigenvalue weighted by Gasteiger charge is 2.05. The Morgan fingerprint density at radius 1 is 1.06 bits per heavy atom. The molecule has 1 unspecified atom stereocenters. The second-order valence-electron chi connectivity index (χ2n) is 4.68. The fourth-order valence-electron chi connectivity index (χ4n) is 2.11. The molecular formula is C15H20O2Si. The molecule has 0 aliphatic carbocycles. The monoisotopic (exact) mass is 260 g/mol. The number of hydrogen-bond donors (Lipinski definition) is 1. The Labute approximate surface area is 111 Å². The van der Waals surface area contributed by atoms with Crippen LogP contribution >= 0.6 is 0 Å². The molecule has 1 aliphatic heterocycles. The molecule has 2 aromatic rings. The molecule has 96 valence electrons. The molecule has 2 nitrogen and oxygen atoms in total. The van der Waals surface area contributed by atoms with Crippen LogP contribution in [0.4, 0.5) is 0 Å². The molecule has 0 saturated carbocycles. The minimum Gasteiger partial charge on any atom is -0.507 e. The Morgan fingerprint density at radius 3 is 2.44 bits per heavy atom. The summed E-state index contributed by atoms with van der Waals surface area (Å²) in [5.41, 5.74) is 0.675. The lowest BCUT2D eigenvalue weighted by molar-refractivity contribution is 0.0675. The summed E-state index contributed by atoms with van der Waals surface area (Å²) in [4.78, 5) is 0. The zero-order valence-electron chi connectivity index (χ0n) is 10.8. The Bertz CT molecular complexity index is 487. The maximum absolute atomic E-state index is 9.37. The molecule has 1 saturated heterocycles. The second kappa shape index (κ2) is 6.57. The van der Waals surface area contributed by atoms with E-state index in [9.17, 15) is 5.11 Å². The van der Waals surface area contributed by atoms with Gasteiger partial charge in [-0.05, 0) is 30.7 Å². The number of phenols is 1. The van der Waals surface area contributed by atoms with Gasteiger partial charge < -0.3 is 9.84 Å². The molecular weight excluding hydrogens is 240 g/mol. The number of phenolic OH excluding ortho intramolecular Hbond substituents is 1. The van der Waals surface area contributed by atoms with E-state index in [2.05, 4.69) is 0 Å². The quantitative estimate of drug-likeness (QED) is 0.737. The van der Waals surface area contributed by atoms with Gasteiger partial charge in [0.05, 0.1) is 0 Å². The molecule has 18 heavy (non-hydrogen) atoms. The Kier molecular flexibility index (Phi) is 4.79. The molecule has 1 heterocycles.